The molecule has 0 spiro atoms. The van der Waals surface area contributed by atoms with Gasteiger partial charge in [0.05, 0.1) is 11.9 Å². The molecular formula is C14H14ClN3. The summed E-state index contributed by atoms with van der Waals surface area (Å²) in [5.74, 6) is 0. The molecule has 0 saturated heterocycles. The van der Waals surface area contributed by atoms with E-state index in [1.807, 2.05) is 50.2 Å². The van der Waals surface area contributed by atoms with Gasteiger partial charge in [-0.3, -0.25) is 0 Å². The van der Waals surface area contributed by atoms with Crippen molar-refractivity contribution < 1.29 is 0 Å². The van der Waals surface area contributed by atoms with E-state index in [0.29, 0.717) is 5.15 Å². The number of aromatic nitrogens is 3. The molecule has 0 amide bonds. The summed E-state index contributed by atoms with van der Waals surface area (Å²) in [5, 5.41) is 4.69. The van der Waals surface area contributed by atoms with Gasteiger partial charge in [0.15, 0.2) is 5.65 Å². The van der Waals surface area contributed by atoms with Crippen molar-refractivity contribution >= 4 is 17.2 Å². The second-order valence-electron chi connectivity index (χ2n) is 3.44. The number of hydrogen-bond donors (Lipinski definition) is 0. The van der Waals surface area contributed by atoms with Crippen LogP contribution in [0.5, 0.6) is 0 Å². The molecule has 0 saturated carbocycles. The Kier molecular flexibility index (Phi) is 3.95. The number of hydrogen-bond acceptors (Lipinski definition) is 2. The first kappa shape index (κ1) is 12.6. The molecular weight excluding hydrogens is 246 g/mol. The van der Waals surface area contributed by atoms with E-state index in [9.17, 15) is 0 Å². The van der Waals surface area contributed by atoms with Crippen LogP contribution in [0.3, 0.4) is 0 Å². The van der Waals surface area contributed by atoms with E-state index in [1.54, 1.807) is 16.8 Å². The van der Waals surface area contributed by atoms with Crippen LogP contribution in [0.2, 0.25) is 5.15 Å². The molecule has 0 aliphatic rings. The fourth-order valence-electron chi connectivity index (χ4n) is 1.66. The van der Waals surface area contributed by atoms with E-state index < -0.39 is 0 Å². The normalized spacial score (nSPS) is 9.94. The van der Waals surface area contributed by atoms with E-state index in [4.69, 9.17) is 11.6 Å². The fraction of sp³-hybridized carbons (Fsp3) is 0.143. The monoisotopic (exact) mass is 259 g/mol. The SMILES string of the molecule is CC.Clc1ccc2ncc(-c3ccccc3)n2n1. The third-order valence-corrected chi connectivity index (χ3v) is 2.60. The Hall–Kier alpha value is -1.87. The molecule has 0 unspecified atom stereocenters. The molecule has 1 aromatic carbocycles. The second-order valence-corrected chi connectivity index (χ2v) is 3.82. The van der Waals surface area contributed by atoms with Gasteiger partial charge in [-0.05, 0) is 12.1 Å². The first-order valence-electron chi connectivity index (χ1n) is 5.90. The maximum atomic E-state index is 5.88. The molecule has 0 radical (unpaired) electrons. The lowest BCUT2D eigenvalue weighted by molar-refractivity contribution is 0.943. The Balaban J connectivity index is 0.000000574. The van der Waals surface area contributed by atoms with E-state index in [1.165, 1.54) is 0 Å². The van der Waals surface area contributed by atoms with Crippen molar-refractivity contribution in [3.63, 3.8) is 0 Å². The Morgan fingerprint density at radius 2 is 1.72 bits per heavy atom. The summed E-state index contributed by atoms with van der Waals surface area (Å²) in [7, 11) is 0. The average Bonchev–Trinajstić information content (AvgIpc) is 2.85. The van der Waals surface area contributed by atoms with Crippen LogP contribution in [0, 0.1) is 0 Å². The van der Waals surface area contributed by atoms with Gasteiger partial charge in [0.2, 0.25) is 0 Å². The van der Waals surface area contributed by atoms with E-state index in [-0.39, 0.29) is 0 Å². The molecule has 0 N–H and O–H groups in total. The molecule has 0 fully saturated rings. The summed E-state index contributed by atoms with van der Waals surface area (Å²) < 4.78 is 1.75. The van der Waals surface area contributed by atoms with E-state index in [2.05, 4.69) is 10.1 Å². The zero-order chi connectivity index (χ0) is 13.0. The van der Waals surface area contributed by atoms with Gasteiger partial charge in [-0.25, -0.2) is 9.50 Å². The minimum absolute atomic E-state index is 0.461. The maximum absolute atomic E-state index is 5.88. The highest BCUT2D eigenvalue weighted by Crippen LogP contribution is 2.20. The molecule has 4 heteroatoms. The minimum atomic E-state index is 0.461. The summed E-state index contributed by atoms with van der Waals surface area (Å²) in [6.45, 7) is 4.00. The molecule has 0 aliphatic carbocycles. The predicted octanol–water partition coefficient (Wildman–Crippen LogP) is 4.08. The molecule has 0 bridgehead atoms. The van der Waals surface area contributed by atoms with Crippen LogP contribution in [-0.4, -0.2) is 14.6 Å². The van der Waals surface area contributed by atoms with Crippen molar-refractivity contribution in [3.05, 3.63) is 53.8 Å². The molecule has 3 rings (SSSR count). The number of imidazole rings is 1. The van der Waals surface area contributed by atoms with Gasteiger partial charge in [-0.15, -0.1) is 0 Å². The van der Waals surface area contributed by atoms with Crippen molar-refractivity contribution in [2.75, 3.05) is 0 Å². The number of benzene rings is 1. The Morgan fingerprint density at radius 1 is 1.00 bits per heavy atom. The summed E-state index contributed by atoms with van der Waals surface area (Å²) in [6.07, 6.45) is 1.80. The molecule has 0 atom stereocenters. The van der Waals surface area contributed by atoms with Gasteiger partial charge in [0.25, 0.3) is 0 Å². The quantitative estimate of drug-likeness (QED) is 0.659. The standard InChI is InChI=1S/C12H8ClN3.C2H6/c13-11-6-7-12-14-8-10(16(12)15-11)9-4-2-1-3-5-9;1-2/h1-8H;1-2H3. The third kappa shape index (κ3) is 2.36. The maximum Gasteiger partial charge on any atom is 0.154 e. The zero-order valence-corrected chi connectivity index (χ0v) is 11.1. The number of fused-ring (bicyclic) bond motifs is 1. The van der Waals surface area contributed by atoms with Crippen LogP contribution in [0.1, 0.15) is 13.8 Å². The molecule has 18 heavy (non-hydrogen) atoms. The molecule has 3 nitrogen and oxygen atoms in total. The first-order valence-corrected chi connectivity index (χ1v) is 6.28. The van der Waals surface area contributed by atoms with E-state index in [0.717, 1.165) is 16.9 Å². The van der Waals surface area contributed by atoms with Crippen LogP contribution in [0.4, 0.5) is 0 Å². The fourth-order valence-corrected chi connectivity index (χ4v) is 1.80. The van der Waals surface area contributed by atoms with Crippen molar-refractivity contribution in [2.45, 2.75) is 13.8 Å². The zero-order valence-electron chi connectivity index (χ0n) is 10.3. The summed E-state index contributed by atoms with van der Waals surface area (Å²) in [6, 6.07) is 13.6. The van der Waals surface area contributed by atoms with Gasteiger partial charge in [-0.2, -0.15) is 5.10 Å². The second kappa shape index (κ2) is 5.65. The highest BCUT2D eigenvalue weighted by atomic mass is 35.5. The lowest BCUT2D eigenvalue weighted by Crippen LogP contribution is -1.93. The van der Waals surface area contributed by atoms with Crippen molar-refractivity contribution in [2.24, 2.45) is 0 Å². The van der Waals surface area contributed by atoms with Crippen LogP contribution in [-0.2, 0) is 0 Å². The lowest BCUT2D eigenvalue weighted by Gasteiger charge is -2.00. The smallest absolute Gasteiger partial charge is 0.154 e. The number of rotatable bonds is 1. The van der Waals surface area contributed by atoms with Gasteiger partial charge in [0.1, 0.15) is 5.15 Å². The predicted molar refractivity (Wildman–Crippen MR) is 74.8 cm³/mol. The Labute approximate surface area is 111 Å². The van der Waals surface area contributed by atoms with Crippen molar-refractivity contribution in [1.29, 1.82) is 0 Å². The summed E-state index contributed by atoms with van der Waals surface area (Å²) in [4.78, 5) is 4.28. The molecule has 2 aromatic heterocycles. The van der Waals surface area contributed by atoms with Gasteiger partial charge < -0.3 is 0 Å². The lowest BCUT2D eigenvalue weighted by atomic mass is 10.2. The third-order valence-electron chi connectivity index (χ3n) is 2.40. The highest BCUT2D eigenvalue weighted by Gasteiger charge is 2.06. The highest BCUT2D eigenvalue weighted by molar-refractivity contribution is 6.29. The minimum Gasteiger partial charge on any atom is -0.235 e. The molecule has 92 valence electrons. The van der Waals surface area contributed by atoms with Crippen molar-refractivity contribution in [1.82, 2.24) is 14.6 Å². The summed E-state index contributed by atoms with van der Waals surface area (Å²) >= 11 is 5.88. The summed E-state index contributed by atoms with van der Waals surface area (Å²) in [5.41, 5.74) is 2.81. The van der Waals surface area contributed by atoms with Crippen LogP contribution >= 0.6 is 11.6 Å². The van der Waals surface area contributed by atoms with Crippen LogP contribution in [0.15, 0.2) is 48.7 Å². The van der Waals surface area contributed by atoms with Crippen LogP contribution < -0.4 is 0 Å². The average molecular weight is 260 g/mol. The number of halogens is 1. The Bertz CT molecular complexity index is 632. The van der Waals surface area contributed by atoms with E-state index >= 15 is 0 Å². The van der Waals surface area contributed by atoms with Crippen molar-refractivity contribution in [3.8, 4) is 11.3 Å². The van der Waals surface area contributed by atoms with Crippen LogP contribution in [0.25, 0.3) is 16.9 Å². The molecule has 2 heterocycles. The largest absolute Gasteiger partial charge is 0.235 e. The molecule has 3 aromatic rings. The topological polar surface area (TPSA) is 30.2 Å². The number of nitrogens with zero attached hydrogens (tertiary/aromatic N) is 3. The van der Waals surface area contributed by atoms with Gasteiger partial charge >= 0.3 is 0 Å². The van der Waals surface area contributed by atoms with Gasteiger partial charge in [0, 0.05) is 5.56 Å². The first-order chi connectivity index (χ1) is 8.84. The Morgan fingerprint density at radius 3 is 2.44 bits per heavy atom. The molecule has 0 aliphatic heterocycles. The van der Waals surface area contributed by atoms with Gasteiger partial charge in [-0.1, -0.05) is 55.8 Å².